The van der Waals surface area contributed by atoms with Crippen molar-refractivity contribution in [2.24, 2.45) is 0 Å². The molecule has 4 nitrogen and oxygen atoms in total. The molecule has 6 heteroatoms. The van der Waals surface area contributed by atoms with Crippen molar-refractivity contribution in [1.29, 1.82) is 0 Å². The molecule has 18 heavy (non-hydrogen) atoms. The molecule has 0 saturated carbocycles. The zero-order valence-electron chi connectivity index (χ0n) is 11.7. The van der Waals surface area contributed by atoms with E-state index in [4.69, 9.17) is 0 Å². The number of nitrogens with one attached hydrogen (secondary N) is 1. The van der Waals surface area contributed by atoms with Crippen molar-refractivity contribution in [3.63, 3.8) is 0 Å². The van der Waals surface area contributed by atoms with Crippen LogP contribution in [0.1, 0.15) is 20.3 Å². The van der Waals surface area contributed by atoms with Crippen LogP contribution in [-0.4, -0.2) is 68.5 Å². The maximum Gasteiger partial charge on any atom is 0.148 e. The molecule has 1 rings (SSSR count). The quantitative estimate of drug-likeness (QED) is 0.736. The molecule has 1 heterocycles. The first-order chi connectivity index (χ1) is 8.29. The summed E-state index contributed by atoms with van der Waals surface area (Å²) in [6.45, 7) is 9.36. The minimum atomic E-state index is -2.83. The van der Waals surface area contributed by atoms with Gasteiger partial charge >= 0.3 is 0 Å². The summed E-state index contributed by atoms with van der Waals surface area (Å²) in [5, 5.41) is 3.20. The van der Waals surface area contributed by atoms with Gasteiger partial charge < -0.3 is 10.2 Å². The summed E-state index contributed by atoms with van der Waals surface area (Å²) in [5.74, 6) is 1.42. The third-order valence-electron chi connectivity index (χ3n) is 3.18. The van der Waals surface area contributed by atoms with Gasteiger partial charge in [-0.15, -0.1) is 0 Å². The molecule has 0 aliphatic carbocycles. The molecule has 1 saturated heterocycles. The molecule has 0 atom stereocenters. The van der Waals surface area contributed by atoms with Crippen LogP contribution in [0.2, 0.25) is 0 Å². The zero-order valence-corrected chi connectivity index (χ0v) is 13.4. The maximum atomic E-state index is 11.0. The largest absolute Gasteiger partial charge is 0.314 e. The van der Waals surface area contributed by atoms with Gasteiger partial charge in [0.2, 0.25) is 0 Å². The van der Waals surface area contributed by atoms with Gasteiger partial charge in [0.25, 0.3) is 0 Å². The summed E-state index contributed by atoms with van der Waals surface area (Å²) in [7, 11) is -2.83. The number of thioether (sulfide) groups is 1. The molecule has 0 spiro atoms. The van der Waals surface area contributed by atoms with Crippen molar-refractivity contribution in [2.75, 3.05) is 50.5 Å². The summed E-state index contributed by atoms with van der Waals surface area (Å²) in [6, 6.07) is 0. The van der Waals surface area contributed by atoms with E-state index in [0.717, 1.165) is 26.2 Å². The Hall–Kier alpha value is 0.220. The Morgan fingerprint density at radius 2 is 2.00 bits per heavy atom. The minimum absolute atomic E-state index is 0.232. The smallest absolute Gasteiger partial charge is 0.148 e. The van der Waals surface area contributed by atoms with E-state index in [0.29, 0.717) is 11.3 Å². The molecule has 0 aromatic heterocycles. The van der Waals surface area contributed by atoms with Gasteiger partial charge in [0.1, 0.15) is 9.84 Å². The Bertz CT molecular complexity index is 342. The van der Waals surface area contributed by atoms with Crippen LogP contribution in [-0.2, 0) is 9.84 Å². The molecule has 0 unspecified atom stereocenters. The summed E-state index contributed by atoms with van der Waals surface area (Å²) < 4.78 is 22.3. The van der Waals surface area contributed by atoms with Gasteiger partial charge in [-0.3, -0.25) is 0 Å². The molecule has 0 aromatic carbocycles. The Morgan fingerprint density at radius 3 is 2.67 bits per heavy atom. The van der Waals surface area contributed by atoms with Crippen LogP contribution in [0.5, 0.6) is 0 Å². The highest BCUT2D eigenvalue weighted by Gasteiger charge is 2.23. The van der Waals surface area contributed by atoms with Gasteiger partial charge in [-0.05, 0) is 13.0 Å². The zero-order chi connectivity index (χ0) is 13.6. The van der Waals surface area contributed by atoms with Crippen LogP contribution in [0.15, 0.2) is 0 Å². The van der Waals surface area contributed by atoms with Crippen molar-refractivity contribution >= 4 is 21.6 Å². The lowest BCUT2D eigenvalue weighted by molar-refractivity contribution is 0.284. The van der Waals surface area contributed by atoms with Gasteiger partial charge in [-0.25, -0.2) is 8.42 Å². The number of hydrogen-bond donors (Lipinski definition) is 1. The van der Waals surface area contributed by atoms with Crippen molar-refractivity contribution in [1.82, 2.24) is 10.2 Å². The van der Waals surface area contributed by atoms with Crippen molar-refractivity contribution in [3.8, 4) is 0 Å². The van der Waals surface area contributed by atoms with E-state index in [2.05, 4.69) is 35.8 Å². The highest BCUT2D eigenvalue weighted by Crippen LogP contribution is 2.30. The molecule has 108 valence electrons. The highest BCUT2D eigenvalue weighted by atomic mass is 32.2. The van der Waals surface area contributed by atoms with Gasteiger partial charge in [0.05, 0.1) is 5.75 Å². The summed E-state index contributed by atoms with van der Waals surface area (Å²) >= 11 is 2.05. The van der Waals surface area contributed by atoms with Gasteiger partial charge in [0, 0.05) is 42.9 Å². The van der Waals surface area contributed by atoms with E-state index >= 15 is 0 Å². The maximum absolute atomic E-state index is 11.0. The number of sulfone groups is 1. The van der Waals surface area contributed by atoms with Crippen molar-refractivity contribution in [2.45, 2.75) is 25.0 Å². The van der Waals surface area contributed by atoms with Gasteiger partial charge in [0.15, 0.2) is 0 Å². The predicted molar refractivity (Wildman–Crippen MR) is 80.2 cm³/mol. The highest BCUT2D eigenvalue weighted by molar-refractivity contribution is 8.00. The fourth-order valence-corrected chi connectivity index (χ4v) is 3.56. The van der Waals surface area contributed by atoms with Crippen LogP contribution >= 0.6 is 11.8 Å². The van der Waals surface area contributed by atoms with E-state index in [1.807, 2.05) is 0 Å². The lowest BCUT2D eigenvalue weighted by Gasteiger charge is -2.22. The van der Waals surface area contributed by atoms with Crippen molar-refractivity contribution in [3.05, 3.63) is 0 Å². The Kier molecular flexibility index (Phi) is 6.44. The molecule has 0 radical (unpaired) electrons. The second-order valence-electron chi connectivity index (χ2n) is 5.58. The first-order valence-corrected chi connectivity index (χ1v) is 9.58. The number of rotatable bonds is 6. The summed E-state index contributed by atoms with van der Waals surface area (Å²) in [4.78, 5) is 2.47. The molecule has 1 aliphatic heterocycles. The molecule has 1 fully saturated rings. The van der Waals surface area contributed by atoms with Crippen LogP contribution < -0.4 is 5.32 Å². The average molecular weight is 294 g/mol. The summed E-state index contributed by atoms with van der Waals surface area (Å²) in [6.07, 6.45) is 2.50. The van der Waals surface area contributed by atoms with Crippen LogP contribution in [0, 0.1) is 0 Å². The third kappa shape index (κ3) is 7.61. The Balaban J connectivity index is 2.12. The lowest BCUT2D eigenvalue weighted by atomic mass is 10.1. The van der Waals surface area contributed by atoms with Crippen LogP contribution in [0.25, 0.3) is 0 Å². The Morgan fingerprint density at radius 1 is 1.28 bits per heavy atom. The molecule has 0 bridgehead atoms. The van der Waals surface area contributed by atoms with E-state index in [1.54, 1.807) is 0 Å². The Labute approximate surface area is 116 Å². The SMILES string of the molecule is CC1(C)CCN(CCNCCS(C)(=O)=O)CCS1. The van der Waals surface area contributed by atoms with Gasteiger partial charge in [-0.2, -0.15) is 11.8 Å². The first kappa shape index (κ1) is 16.3. The predicted octanol–water partition coefficient (Wildman–Crippen LogP) is 0.838. The molecular formula is C12H26N2O2S2. The number of nitrogens with zero attached hydrogens (tertiary/aromatic N) is 1. The summed E-state index contributed by atoms with van der Waals surface area (Å²) in [5.41, 5.74) is 0. The molecular weight excluding hydrogens is 268 g/mol. The molecule has 1 N–H and O–H groups in total. The second kappa shape index (κ2) is 7.12. The monoisotopic (exact) mass is 294 g/mol. The van der Waals surface area contributed by atoms with Crippen LogP contribution in [0.4, 0.5) is 0 Å². The first-order valence-electron chi connectivity index (χ1n) is 6.53. The fraction of sp³-hybridized carbons (Fsp3) is 1.00. The van der Waals surface area contributed by atoms with E-state index in [9.17, 15) is 8.42 Å². The van der Waals surface area contributed by atoms with Gasteiger partial charge in [-0.1, -0.05) is 13.8 Å². The van der Waals surface area contributed by atoms with E-state index < -0.39 is 9.84 Å². The molecule has 0 aromatic rings. The molecule has 0 amide bonds. The fourth-order valence-electron chi connectivity index (χ4n) is 1.91. The van der Waals surface area contributed by atoms with Crippen molar-refractivity contribution < 1.29 is 8.42 Å². The van der Waals surface area contributed by atoms with E-state index in [1.165, 1.54) is 18.4 Å². The normalized spacial score (nSPS) is 21.7. The van der Waals surface area contributed by atoms with Crippen LogP contribution in [0.3, 0.4) is 0 Å². The lowest BCUT2D eigenvalue weighted by Crippen LogP contribution is -2.35. The third-order valence-corrected chi connectivity index (χ3v) is 5.50. The topological polar surface area (TPSA) is 49.4 Å². The number of hydrogen-bond acceptors (Lipinski definition) is 5. The molecule has 1 aliphatic rings. The van der Waals surface area contributed by atoms with E-state index in [-0.39, 0.29) is 5.75 Å². The second-order valence-corrected chi connectivity index (χ2v) is 9.64. The average Bonchev–Trinajstić information content (AvgIpc) is 2.38. The minimum Gasteiger partial charge on any atom is -0.314 e. The standard InChI is InChI=1S/C12H26N2O2S2/c1-12(2)4-7-14(9-10-17-12)8-5-13-6-11-18(3,15)16/h13H,4-11H2,1-3H3.